The Morgan fingerprint density at radius 3 is 2.74 bits per heavy atom. The van der Waals surface area contributed by atoms with Gasteiger partial charge >= 0.3 is 0 Å². The Morgan fingerprint density at radius 2 is 2.16 bits per heavy atom. The van der Waals surface area contributed by atoms with Crippen molar-refractivity contribution >= 4 is 11.6 Å². The zero-order chi connectivity index (χ0) is 13.2. The second kappa shape index (κ2) is 4.85. The molecule has 0 aliphatic carbocycles. The molecule has 2 heterocycles. The van der Waals surface area contributed by atoms with Gasteiger partial charge in [-0.3, -0.25) is 4.79 Å². The summed E-state index contributed by atoms with van der Waals surface area (Å²) in [5.41, 5.74) is 1.77. The molecule has 0 spiro atoms. The molecule has 1 amide bonds. The van der Waals surface area contributed by atoms with Gasteiger partial charge in [0.15, 0.2) is 12.2 Å². The van der Waals surface area contributed by atoms with Crippen LogP contribution >= 0.6 is 0 Å². The highest BCUT2D eigenvalue weighted by atomic mass is 16.3. The first-order valence-corrected chi connectivity index (χ1v) is 6.18. The van der Waals surface area contributed by atoms with Crippen molar-refractivity contribution in [1.29, 1.82) is 0 Å². The zero-order valence-electron chi connectivity index (χ0n) is 10.3. The van der Waals surface area contributed by atoms with E-state index in [1.54, 1.807) is 11.1 Å². The van der Waals surface area contributed by atoms with Gasteiger partial charge in [0, 0.05) is 36.7 Å². The monoisotopic (exact) mass is 258 g/mol. The number of nitrogens with zero attached hydrogens (tertiary/aromatic N) is 2. The highest BCUT2D eigenvalue weighted by Gasteiger charge is 2.29. The molecule has 5 nitrogen and oxygen atoms in total. The van der Waals surface area contributed by atoms with E-state index in [-0.39, 0.29) is 18.4 Å². The third-order valence-corrected chi connectivity index (χ3v) is 3.36. The number of hydrogen-bond donors (Lipinski definition) is 1. The third-order valence-electron chi connectivity index (χ3n) is 3.36. The van der Waals surface area contributed by atoms with E-state index in [2.05, 4.69) is 4.98 Å². The highest BCUT2D eigenvalue weighted by Crippen LogP contribution is 2.27. The van der Waals surface area contributed by atoms with Crippen molar-refractivity contribution in [2.75, 3.05) is 18.1 Å². The largest absolute Gasteiger partial charge is 0.444 e. The maximum Gasteiger partial charge on any atom is 0.227 e. The number of benzene rings is 1. The van der Waals surface area contributed by atoms with Crippen LogP contribution in [0.2, 0.25) is 0 Å². The minimum absolute atomic E-state index is 0.0430. The summed E-state index contributed by atoms with van der Waals surface area (Å²) in [6.07, 6.45) is 3.46. The molecular formula is C14H14N2O3. The molecule has 1 aromatic heterocycles. The molecule has 0 radical (unpaired) electrons. The van der Waals surface area contributed by atoms with Crippen LogP contribution in [-0.4, -0.2) is 29.1 Å². The third kappa shape index (κ3) is 2.24. The average Bonchev–Trinajstić information content (AvgIpc) is 3.08. The van der Waals surface area contributed by atoms with Crippen LogP contribution in [0.15, 0.2) is 41.3 Å². The van der Waals surface area contributed by atoms with Gasteiger partial charge in [0.25, 0.3) is 0 Å². The van der Waals surface area contributed by atoms with E-state index in [0.717, 1.165) is 11.3 Å². The Morgan fingerprint density at radius 1 is 1.37 bits per heavy atom. The lowest BCUT2D eigenvalue weighted by Gasteiger charge is -2.16. The van der Waals surface area contributed by atoms with Gasteiger partial charge in [-0.2, -0.15) is 0 Å². The SMILES string of the molecule is O=C1CC(CO)CN1c1ccc(-c2cnco2)cc1. The Balaban J connectivity index is 1.81. The molecule has 19 heavy (non-hydrogen) atoms. The van der Waals surface area contributed by atoms with E-state index in [9.17, 15) is 4.79 Å². The van der Waals surface area contributed by atoms with Crippen molar-refractivity contribution < 1.29 is 14.3 Å². The van der Waals surface area contributed by atoms with Gasteiger partial charge in [-0.25, -0.2) is 4.98 Å². The molecule has 1 atom stereocenters. The van der Waals surface area contributed by atoms with Crippen LogP contribution in [0.4, 0.5) is 5.69 Å². The lowest BCUT2D eigenvalue weighted by molar-refractivity contribution is -0.117. The lowest BCUT2D eigenvalue weighted by atomic mass is 10.1. The Kier molecular flexibility index (Phi) is 3.05. The topological polar surface area (TPSA) is 66.6 Å². The minimum Gasteiger partial charge on any atom is -0.444 e. The number of carbonyl (C=O) groups excluding carboxylic acids is 1. The van der Waals surface area contributed by atoms with E-state index in [4.69, 9.17) is 9.52 Å². The summed E-state index contributed by atoms with van der Waals surface area (Å²) < 4.78 is 5.22. The van der Waals surface area contributed by atoms with Crippen molar-refractivity contribution in [2.24, 2.45) is 5.92 Å². The van der Waals surface area contributed by atoms with Gasteiger partial charge in [0.1, 0.15) is 0 Å². The molecule has 1 saturated heterocycles. The van der Waals surface area contributed by atoms with Crippen LogP contribution in [0.25, 0.3) is 11.3 Å². The van der Waals surface area contributed by atoms with Crippen LogP contribution in [0, 0.1) is 5.92 Å². The van der Waals surface area contributed by atoms with Crippen LogP contribution in [-0.2, 0) is 4.79 Å². The average molecular weight is 258 g/mol. The van der Waals surface area contributed by atoms with E-state index < -0.39 is 0 Å². The molecule has 3 rings (SSSR count). The smallest absolute Gasteiger partial charge is 0.227 e. The highest BCUT2D eigenvalue weighted by molar-refractivity contribution is 5.95. The number of aliphatic hydroxyl groups is 1. The normalized spacial score (nSPS) is 19.1. The summed E-state index contributed by atoms with van der Waals surface area (Å²) in [5.74, 6) is 0.806. The van der Waals surface area contributed by atoms with Crippen LogP contribution in [0.5, 0.6) is 0 Å². The van der Waals surface area contributed by atoms with Crippen molar-refractivity contribution in [2.45, 2.75) is 6.42 Å². The summed E-state index contributed by atoms with van der Waals surface area (Å²) in [6.45, 7) is 0.634. The molecule has 1 fully saturated rings. The molecule has 1 aliphatic rings. The lowest BCUT2D eigenvalue weighted by Crippen LogP contribution is -2.24. The Hall–Kier alpha value is -2.14. The summed E-state index contributed by atoms with van der Waals surface area (Å²) in [7, 11) is 0. The molecular weight excluding hydrogens is 244 g/mol. The molecule has 1 unspecified atom stereocenters. The number of amides is 1. The second-order valence-electron chi connectivity index (χ2n) is 4.67. The number of hydrogen-bond acceptors (Lipinski definition) is 4. The standard InChI is InChI=1S/C14H14N2O3/c17-8-10-5-14(18)16(7-10)12-3-1-11(2-4-12)13-6-15-9-19-13/h1-4,6,9-10,17H,5,7-8H2. The summed E-state index contributed by atoms with van der Waals surface area (Å²) in [6, 6.07) is 7.57. The van der Waals surface area contributed by atoms with Crippen LogP contribution < -0.4 is 4.90 Å². The molecule has 1 N–H and O–H groups in total. The van der Waals surface area contributed by atoms with Crippen molar-refractivity contribution in [3.8, 4) is 11.3 Å². The summed E-state index contributed by atoms with van der Waals surface area (Å²) in [5, 5.41) is 9.12. The van der Waals surface area contributed by atoms with Crippen LogP contribution in [0.1, 0.15) is 6.42 Å². The predicted octanol–water partition coefficient (Wildman–Crippen LogP) is 1.69. The number of oxazole rings is 1. The summed E-state index contributed by atoms with van der Waals surface area (Å²) >= 11 is 0. The maximum atomic E-state index is 11.8. The molecule has 0 bridgehead atoms. The summed E-state index contributed by atoms with van der Waals surface area (Å²) in [4.78, 5) is 17.4. The van der Waals surface area contributed by atoms with Gasteiger partial charge in [-0.15, -0.1) is 0 Å². The number of carbonyl (C=O) groups is 1. The number of anilines is 1. The molecule has 5 heteroatoms. The molecule has 98 valence electrons. The molecule has 1 aromatic carbocycles. The fourth-order valence-electron chi connectivity index (χ4n) is 2.32. The van der Waals surface area contributed by atoms with Gasteiger partial charge in [0.2, 0.25) is 5.91 Å². The van der Waals surface area contributed by atoms with Gasteiger partial charge in [-0.1, -0.05) is 0 Å². The van der Waals surface area contributed by atoms with Gasteiger partial charge in [-0.05, 0) is 24.3 Å². The van der Waals surface area contributed by atoms with Gasteiger partial charge < -0.3 is 14.4 Å². The first-order valence-electron chi connectivity index (χ1n) is 6.18. The van der Waals surface area contributed by atoms with E-state index in [0.29, 0.717) is 18.7 Å². The van der Waals surface area contributed by atoms with E-state index in [1.807, 2.05) is 24.3 Å². The van der Waals surface area contributed by atoms with E-state index in [1.165, 1.54) is 6.39 Å². The number of aliphatic hydroxyl groups excluding tert-OH is 1. The first-order chi connectivity index (χ1) is 9.28. The number of aromatic nitrogens is 1. The minimum atomic E-state index is 0.0430. The fourth-order valence-corrected chi connectivity index (χ4v) is 2.32. The molecule has 2 aromatic rings. The fraction of sp³-hybridized carbons (Fsp3) is 0.286. The number of rotatable bonds is 3. The van der Waals surface area contributed by atoms with E-state index >= 15 is 0 Å². The zero-order valence-corrected chi connectivity index (χ0v) is 10.3. The van der Waals surface area contributed by atoms with Gasteiger partial charge in [0.05, 0.1) is 6.20 Å². The van der Waals surface area contributed by atoms with Crippen molar-refractivity contribution in [3.63, 3.8) is 0 Å². The molecule has 0 saturated carbocycles. The quantitative estimate of drug-likeness (QED) is 0.909. The molecule has 1 aliphatic heterocycles. The second-order valence-corrected chi connectivity index (χ2v) is 4.67. The van der Waals surface area contributed by atoms with Crippen molar-refractivity contribution in [3.05, 3.63) is 36.9 Å². The van der Waals surface area contributed by atoms with Crippen LogP contribution in [0.3, 0.4) is 0 Å². The Labute approximate surface area is 110 Å². The Bertz CT molecular complexity index is 563. The van der Waals surface area contributed by atoms with Crippen molar-refractivity contribution in [1.82, 2.24) is 4.98 Å². The predicted molar refractivity (Wildman–Crippen MR) is 69.5 cm³/mol. The first kappa shape index (κ1) is 11.9. The maximum absolute atomic E-state index is 11.8.